The third kappa shape index (κ3) is 2.09. The molecule has 0 amide bonds. The lowest BCUT2D eigenvalue weighted by Crippen LogP contribution is -1.95. The summed E-state index contributed by atoms with van der Waals surface area (Å²) in [6.45, 7) is 0. The highest BCUT2D eigenvalue weighted by molar-refractivity contribution is 8.24. The largest absolute Gasteiger partial charge is 0.407 e. The molecule has 0 unspecified atom stereocenters. The highest BCUT2D eigenvalue weighted by Gasteiger charge is 2.30. The van der Waals surface area contributed by atoms with Crippen LogP contribution in [-0.4, -0.2) is 25.3 Å². The van der Waals surface area contributed by atoms with Gasteiger partial charge in [0.1, 0.15) is 0 Å². The van der Waals surface area contributed by atoms with Crippen molar-refractivity contribution in [3.63, 3.8) is 0 Å². The molecule has 0 aliphatic rings. The summed E-state index contributed by atoms with van der Waals surface area (Å²) < 4.78 is 19.9. The summed E-state index contributed by atoms with van der Waals surface area (Å²) in [5.74, 6) is 0. The van der Waals surface area contributed by atoms with Gasteiger partial charge >= 0.3 is 7.60 Å². The van der Waals surface area contributed by atoms with Crippen LogP contribution in [-0.2, 0) is 13.6 Å². The minimum Gasteiger partial charge on any atom is -0.306 e. The summed E-state index contributed by atoms with van der Waals surface area (Å²) >= 11 is 0.829. The molecule has 0 saturated carbocycles. The fourth-order valence-corrected chi connectivity index (χ4v) is 2.12. The number of carbonyl (C=O) groups is 1. The van der Waals surface area contributed by atoms with E-state index in [2.05, 4.69) is 9.05 Å². The Bertz CT molecular complexity index is 161. The van der Waals surface area contributed by atoms with Crippen molar-refractivity contribution in [3.05, 3.63) is 0 Å². The van der Waals surface area contributed by atoms with E-state index in [0.717, 1.165) is 11.8 Å². The molecule has 0 radical (unpaired) electrons. The van der Waals surface area contributed by atoms with Crippen LogP contribution >= 0.6 is 19.4 Å². The Balaban J connectivity index is 4.34. The van der Waals surface area contributed by atoms with Crippen molar-refractivity contribution in [2.45, 2.75) is 0 Å². The van der Waals surface area contributed by atoms with E-state index in [4.69, 9.17) is 0 Å². The third-order valence-electron chi connectivity index (χ3n) is 0.879. The SMILES string of the molecule is COP(=O)(OC)C(=O)SC. The normalized spacial score (nSPS) is 11.5. The van der Waals surface area contributed by atoms with Crippen molar-refractivity contribution in [3.8, 4) is 0 Å². The molecule has 0 atom stereocenters. The average molecular weight is 184 g/mol. The standard InChI is InChI=1S/C4H9O4PS/c1-7-9(6,8-2)4(5)10-3/h1-3H3. The molecule has 0 aliphatic heterocycles. The van der Waals surface area contributed by atoms with E-state index in [1.165, 1.54) is 20.5 Å². The zero-order chi connectivity index (χ0) is 8.20. The van der Waals surface area contributed by atoms with Crippen LogP contribution in [0.15, 0.2) is 0 Å². The van der Waals surface area contributed by atoms with E-state index in [0.29, 0.717) is 0 Å². The summed E-state index contributed by atoms with van der Waals surface area (Å²) in [5, 5.41) is 0. The molecular weight excluding hydrogens is 175 g/mol. The maximum Gasteiger partial charge on any atom is 0.407 e. The van der Waals surface area contributed by atoms with Gasteiger partial charge in [0.05, 0.1) is 0 Å². The van der Waals surface area contributed by atoms with Crippen molar-refractivity contribution in [1.82, 2.24) is 0 Å². The van der Waals surface area contributed by atoms with Gasteiger partial charge in [-0.3, -0.25) is 9.36 Å². The molecule has 0 aromatic heterocycles. The monoisotopic (exact) mass is 184 g/mol. The van der Waals surface area contributed by atoms with Gasteiger partial charge in [-0.25, -0.2) is 0 Å². The lowest BCUT2D eigenvalue weighted by Gasteiger charge is -2.08. The van der Waals surface area contributed by atoms with Gasteiger partial charge in [-0.05, 0) is 6.26 Å². The van der Waals surface area contributed by atoms with E-state index in [-0.39, 0.29) is 0 Å². The molecule has 0 aromatic carbocycles. The lowest BCUT2D eigenvalue weighted by molar-refractivity contribution is 0.249. The molecule has 0 bridgehead atoms. The molecule has 0 aromatic rings. The zero-order valence-electron chi connectivity index (χ0n) is 5.99. The fraction of sp³-hybridized carbons (Fsp3) is 0.750. The van der Waals surface area contributed by atoms with E-state index in [9.17, 15) is 9.36 Å². The van der Waals surface area contributed by atoms with E-state index in [1.807, 2.05) is 0 Å². The van der Waals surface area contributed by atoms with Crippen LogP contribution in [0, 0.1) is 0 Å². The molecule has 60 valence electrons. The van der Waals surface area contributed by atoms with E-state index in [1.54, 1.807) is 0 Å². The maximum atomic E-state index is 11.1. The van der Waals surface area contributed by atoms with Crippen molar-refractivity contribution >= 4 is 24.2 Å². The predicted octanol–water partition coefficient (Wildman–Crippen LogP) is 1.96. The second-order valence-corrected chi connectivity index (χ2v) is 4.55. The number of thioether (sulfide) groups is 1. The van der Waals surface area contributed by atoms with E-state index >= 15 is 0 Å². The van der Waals surface area contributed by atoms with Gasteiger partial charge in [0.15, 0.2) is 0 Å². The number of rotatable bonds is 3. The quantitative estimate of drug-likeness (QED) is 0.627. The predicted molar refractivity (Wildman–Crippen MR) is 40.5 cm³/mol. The highest BCUT2D eigenvalue weighted by atomic mass is 32.2. The van der Waals surface area contributed by atoms with Crippen LogP contribution in [0.1, 0.15) is 0 Å². The topological polar surface area (TPSA) is 52.6 Å². The van der Waals surface area contributed by atoms with Gasteiger partial charge in [-0.1, -0.05) is 11.8 Å². The second-order valence-electron chi connectivity index (χ2n) is 1.33. The number of hydrogen-bond donors (Lipinski definition) is 0. The van der Waals surface area contributed by atoms with Crippen molar-refractivity contribution in [1.29, 1.82) is 0 Å². The first-order valence-corrected chi connectivity index (χ1v) is 5.17. The molecule has 6 heteroatoms. The molecule has 0 fully saturated rings. The molecule has 0 rings (SSSR count). The molecule has 0 spiro atoms. The summed E-state index contributed by atoms with van der Waals surface area (Å²) in [6.07, 6.45) is 1.52. The number of hydrogen-bond acceptors (Lipinski definition) is 5. The van der Waals surface area contributed by atoms with Crippen molar-refractivity contribution < 1.29 is 18.4 Å². The first kappa shape index (κ1) is 10.2. The highest BCUT2D eigenvalue weighted by Crippen LogP contribution is 2.50. The van der Waals surface area contributed by atoms with Crippen LogP contribution < -0.4 is 0 Å². The van der Waals surface area contributed by atoms with Crippen molar-refractivity contribution in [2.24, 2.45) is 0 Å². The van der Waals surface area contributed by atoms with Gasteiger partial charge in [0.2, 0.25) is 0 Å². The Morgan fingerprint density at radius 1 is 1.40 bits per heavy atom. The van der Waals surface area contributed by atoms with Crippen LogP contribution in [0.5, 0.6) is 0 Å². The molecule has 0 N–H and O–H groups in total. The summed E-state index contributed by atoms with van der Waals surface area (Å²) in [5.41, 5.74) is 0. The Kier molecular flexibility index (Phi) is 4.20. The Morgan fingerprint density at radius 3 is 1.90 bits per heavy atom. The lowest BCUT2D eigenvalue weighted by atomic mass is 11.8. The van der Waals surface area contributed by atoms with Gasteiger partial charge in [-0.2, -0.15) is 0 Å². The molecule has 4 nitrogen and oxygen atoms in total. The third-order valence-corrected chi connectivity index (χ3v) is 3.86. The van der Waals surface area contributed by atoms with E-state index < -0.39 is 12.5 Å². The van der Waals surface area contributed by atoms with Gasteiger partial charge in [-0.15, -0.1) is 0 Å². The first-order valence-electron chi connectivity index (χ1n) is 2.40. The van der Waals surface area contributed by atoms with Crippen LogP contribution in [0.2, 0.25) is 0 Å². The number of carbonyl (C=O) groups excluding carboxylic acids is 1. The zero-order valence-corrected chi connectivity index (χ0v) is 7.70. The maximum absolute atomic E-state index is 11.1. The fourth-order valence-electron chi connectivity index (χ4n) is 0.335. The van der Waals surface area contributed by atoms with Crippen LogP contribution in [0.4, 0.5) is 4.79 Å². The average Bonchev–Trinajstić information content (AvgIpc) is 2.01. The van der Waals surface area contributed by atoms with Gasteiger partial charge in [0, 0.05) is 14.2 Å². The minimum atomic E-state index is -3.45. The molecule has 0 saturated heterocycles. The second kappa shape index (κ2) is 4.13. The molecule has 0 heterocycles. The summed E-state index contributed by atoms with van der Waals surface area (Å²) in [7, 11) is -1.09. The molecule has 10 heavy (non-hydrogen) atoms. The molecular formula is C4H9O4PS. The Labute approximate surface area is 63.8 Å². The van der Waals surface area contributed by atoms with Crippen molar-refractivity contribution in [2.75, 3.05) is 20.5 Å². The Morgan fingerprint density at radius 2 is 1.80 bits per heavy atom. The Hall–Kier alpha value is 0.170. The van der Waals surface area contributed by atoms with Gasteiger partial charge < -0.3 is 9.05 Å². The van der Waals surface area contributed by atoms with Gasteiger partial charge in [0.25, 0.3) is 4.86 Å². The summed E-state index contributed by atoms with van der Waals surface area (Å²) in [6, 6.07) is 0. The van der Waals surface area contributed by atoms with Crippen LogP contribution in [0.3, 0.4) is 0 Å². The molecule has 0 aliphatic carbocycles. The smallest absolute Gasteiger partial charge is 0.306 e. The minimum absolute atomic E-state index is 0.572. The summed E-state index contributed by atoms with van der Waals surface area (Å²) in [4.78, 5) is 10.2. The van der Waals surface area contributed by atoms with Crippen LogP contribution in [0.25, 0.3) is 0 Å². The first-order chi connectivity index (χ1) is 4.60.